The lowest BCUT2D eigenvalue weighted by atomic mass is 10.0. The second-order valence-corrected chi connectivity index (χ2v) is 9.06. The third kappa shape index (κ3) is 4.23. The molecule has 1 atom stereocenters. The van der Waals surface area contributed by atoms with Crippen molar-refractivity contribution in [1.29, 1.82) is 0 Å². The van der Waals surface area contributed by atoms with Crippen LogP contribution in [-0.4, -0.2) is 50.9 Å². The molecular weight excluding hydrogens is 408 g/mol. The van der Waals surface area contributed by atoms with E-state index in [-0.39, 0.29) is 23.8 Å². The van der Waals surface area contributed by atoms with Crippen molar-refractivity contribution in [2.75, 3.05) is 26.3 Å². The van der Waals surface area contributed by atoms with Gasteiger partial charge in [0.2, 0.25) is 15.9 Å². The molecule has 4 rings (SSSR count). The number of benzene rings is 2. The van der Waals surface area contributed by atoms with Gasteiger partial charge >= 0.3 is 5.97 Å². The molecule has 0 aromatic heterocycles. The fourth-order valence-electron chi connectivity index (χ4n) is 3.53. The number of nitrogens with zero attached hydrogens (tertiary/aromatic N) is 1. The number of ether oxygens (including phenoxy) is 2. The number of nitrogens with one attached hydrogen (secondary N) is 1. The second-order valence-electron chi connectivity index (χ2n) is 7.12. The maximum atomic E-state index is 12.6. The van der Waals surface area contributed by atoms with E-state index < -0.39 is 22.1 Å². The monoisotopic (exact) mass is 430 g/mol. The number of amides is 1. The summed E-state index contributed by atoms with van der Waals surface area (Å²) in [6.07, 6.45) is -0.554. The number of carbonyl (C=O) groups excluding carboxylic acids is 2. The van der Waals surface area contributed by atoms with Crippen molar-refractivity contribution in [1.82, 2.24) is 9.62 Å². The zero-order valence-electron chi connectivity index (χ0n) is 16.2. The number of rotatable bonds is 6. The van der Waals surface area contributed by atoms with Crippen LogP contribution >= 0.6 is 0 Å². The normalized spacial score (nSPS) is 19.2. The molecule has 2 aliphatic rings. The fourth-order valence-corrected chi connectivity index (χ4v) is 4.94. The van der Waals surface area contributed by atoms with E-state index >= 15 is 0 Å². The first-order chi connectivity index (χ1) is 14.4. The molecule has 2 heterocycles. The minimum Gasteiger partial charge on any atom is -0.453 e. The molecule has 158 valence electrons. The summed E-state index contributed by atoms with van der Waals surface area (Å²) in [6, 6.07) is 13.5. The lowest BCUT2D eigenvalue weighted by Gasteiger charge is -2.26. The Hall–Kier alpha value is -2.75. The van der Waals surface area contributed by atoms with E-state index in [1.807, 2.05) is 0 Å². The van der Waals surface area contributed by atoms with Gasteiger partial charge in [0, 0.05) is 25.2 Å². The van der Waals surface area contributed by atoms with Gasteiger partial charge < -0.3 is 14.8 Å². The number of hydrogen-bond acceptors (Lipinski definition) is 6. The Kier molecular flexibility index (Phi) is 5.85. The summed E-state index contributed by atoms with van der Waals surface area (Å²) < 4.78 is 37.2. The van der Waals surface area contributed by atoms with E-state index in [0.717, 1.165) is 11.1 Å². The average Bonchev–Trinajstić information content (AvgIpc) is 3.09. The Morgan fingerprint density at radius 1 is 1.07 bits per heavy atom. The highest BCUT2D eigenvalue weighted by Gasteiger charge is 2.32. The van der Waals surface area contributed by atoms with Gasteiger partial charge in [0.15, 0.2) is 0 Å². The number of hydrogen-bond donors (Lipinski definition) is 1. The van der Waals surface area contributed by atoms with Crippen LogP contribution in [0.25, 0.3) is 0 Å². The number of cyclic esters (lactones) is 1. The molecule has 0 aliphatic carbocycles. The quantitative estimate of drug-likeness (QED) is 0.699. The van der Waals surface area contributed by atoms with Crippen LogP contribution in [0, 0.1) is 0 Å². The van der Waals surface area contributed by atoms with Crippen molar-refractivity contribution in [3.05, 3.63) is 65.2 Å². The highest BCUT2D eigenvalue weighted by molar-refractivity contribution is 7.89. The summed E-state index contributed by atoms with van der Waals surface area (Å²) in [5.74, 6) is -0.671. The van der Waals surface area contributed by atoms with Crippen molar-refractivity contribution in [3.63, 3.8) is 0 Å². The summed E-state index contributed by atoms with van der Waals surface area (Å²) in [4.78, 5) is 24.4. The molecule has 1 saturated heterocycles. The van der Waals surface area contributed by atoms with Gasteiger partial charge in [0.1, 0.15) is 6.10 Å². The van der Waals surface area contributed by atoms with Gasteiger partial charge in [-0.1, -0.05) is 30.3 Å². The molecule has 30 heavy (non-hydrogen) atoms. The topological polar surface area (TPSA) is 102 Å². The molecule has 8 nitrogen and oxygen atoms in total. The Morgan fingerprint density at radius 3 is 2.50 bits per heavy atom. The molecule has 0 spiro atoms. The molecule has 2 aromatic rings. The Labute approximate surface area is 174 Å². The number of fused-ring (bicyclic) bond motifs is 1. The van der Waals surface area contributed by atoms with E-state index in [2.05, 4.69) is 5.32 Å². The number of morpholine rings is 1. The molecule has 9 heteroatoms. The highest BCUT2D eigenvalue weighted by atomic mass is 32.2. The molecule has 2 aliphatic heterocycles. The van der Waals surface area contributed by atoms with Crippen molar-refractivity contribution in [2.45, 2.75) is 24.0 Å². The summed E-state index contributed by atoms with van der Waals surface area (Å²) >= 11 is 0. The molecule has 0 radical (unpaired) electrons. The van der Waals surface area contributed by atoms with Crippen LogP contribution in [0.1, 0.15) is 34.0 Å². The standard InChI is InChI=1S/C21H22N2O6S/c24-20(13-19-17-3-1-2-4-18(17)21(25)29-19)22-14-15-5-7-16(8-6-15)30(26,27)23-9-11-28-12-10-23/h1-8,19H,9-14H2,(H,22,24). The van der Waals surface area contributed by atoms with Gasteiger partial charge in [-0.15, -0.1) is 0 Å². The summed E-state index contributed by atoms with van der Waals surface area (Å²) in [6.45, 7) is 1.72. The molecule has 0 bridgehead atoms. The van der Waals surface area contributed by atoms with Crippen molar-refractivity contribution < 1.29 is 27.5 Å². The maximum Gasteiger partial charge on any atom is 0.339 e. The summed E-state index contributed by atoms with van der Waals surface area (Å²) in [7, 11) is -3.54. The minimum absolute atomic E-state index is 0.0340. The fraction of sp³-hybridized carbons (Fsp3) is 0.333. The van der Waals surface area contributed by atoms with Crippen LogP contribution in [0.15, 0.2) is 53.4 Å². The second kappa shape index (κ2) is 8.55. The number of carbonyl (C=O) groups is 2. The van der Waals surface area contributed by atoms with Gasteiger partial charge in [-0.2, -0.15) is 4.31 Å². The zero-order chi connectivity index (χ0) is 21.1. The molecule has 1 fully saturated rings. The Morgan fingerprint density at radius 2 is 1.77 bits per heavy atom. The minimum atomic E-state index is -3.54. The van der Waals surface area contributed by atoms with Crippen LogP contribution in [-0.2, 0) is 30.8 Å². The first-order valence-corrected chi connectivity index (χ1v) is 11.1. The van der Waals surface area contributed by atoms with Crippen LogP contribution in [0.5, 0.6) is 0 Å². The predicted octanol–water partition coefficient (Wildman–Crippen LogP) is 1.63. The van der Waals surface area contributed by atoms with Gasteiger partial charge in [-0.05, 0) is 23.8 Å². The van der Waals surface area contributed by atoms with Gasteiger partial charge in [0.05, 0.1) is 30.1 Å². The average molecular weight is 430 g/mol. The van der Waals surface area contributed by atoms with Crippen molar-refractivity contribution in [2.24, 2.45) is 0 Å². The van der Waals surface area contributed by atoms with Crippen LogP contribution in [0.2, 0.25) is 0 Å². The SMILES string of the molecule is O=C(CC1OC(=O)c2ccccc21)NCc1ccc(S(=O)(=O)N2CCOCC2)cc1. The lowest BCUT2D eigenvalue weighted by Crippen LogP contribution is -2.40. The first-order valence-electron chi connectivity index (χ1n) is 9.68. The van der Waals surface area contributed by atoms with E-state index in [9.17, 15) is 18.0 Å². The lowest BCUT2D eigenvalue weighted by molar-refractivity contribution is -0.123. The van der Waals surface area contributed by atoms with Crippen LogP contribution in [0.4, 0.5) is 0 Å². The molecule has 0 saturated carbocycles. The van der Waals surface area contributed by atoms with Crippen LogP contribution in [0.3, 0.4) is 0 Å². The molecule has 2 aromatic carbocycles. The number of sulfonamides is 1. The van der Waals surface area contributed by atoms with Crippen molar-refractivity contribution in [3.8, 4) is 0 Å². The van der Waals surface area contributed by atoms with E-state index in [0.29, 0.717) is 31.9 Å². The smallest absolute Gasteiger partial charge is 0.339 e. The van der Waals surface area contributed by atoms with Gasteiger partial charge in [-0.3, -0.25) is 4.79 Å². The molecule has 1 N–H and O–H groups in total. The maximum absolute atomic E-state index is 12.6. The highest BCUT2D eigenvalue weighted by Crippen LogP contribution is 2.32. The Balaban J connectivity index is 1.33. The Bertz CT molecular complexity index is 1050. The first kappa shape index (κ1) is 20.5. The number of esters is 1. The predicted molar refractivity (Wildman–Crippen MR) is 107 cm³/mol. The van der Waals surface area contributed by atoms with Gasteiger partial charge in [-0.25, -0.2) is 13.2 Å². The largest absolute Gasteiger partial charge is 0.453 e. The van der Waals surface area contributed by atoms with Crippen molar-refractivity contribution >= 4 is 21.9 Å². The zero-order valence-corrected chi connectivity index (χ0v) is 17.1. The van der Waals surface area contributed by atoms with E-state index in [4.69, 9.17) is 9.47 Å². The van der Waals surface area contributed by atoms with Gasteiger partial charge in [0.25, 0.3) is 0 Å². The van der Waals surface area contributed by atoms with Crippen LogP contribution < -0.4 is 5.32 Å². The summed E-state index contributed by atoms with van der Waals surface area (Å²) in [5, 5.41) is 2.79. The summed E-state index contributed by atoms with van der Waals surface area (Å²) in [5.41, 5.74) is 1.98. The molecule has 1 amide bonds. The van der Waals surface area contributed by atoms with E-state index in [1.54, 1.807) is 48.5 Å². The van der Waals surface area contributed by atoms with E-state index in [1.165, 1.54) is 4.31 Å². The molecular formula is C21H22N2O6S. The third-order valence-electron chi connectivity index (χ3n) is 5.17. The molecule has 1 unspecified atom stereocenters. The third-order valence-corrected chi connectivity index (χ3v) is 7.08.